The van der Waals surface area contributed by atoms with E-state index in [0.29, 0.717) is 0 Å². The second-order valence-corrected chi connectivity index (χ2v) is 15.6. The highest BCUT2D eigenvalue weighted by atomic mass is 16.3. The first-order valence-electron chi connectivity index (χ1n) is 20.8. The maximum atomic E-state index is 6.51. The molecule has 10 aromatic carbocycles. The lowest BCUT2D eigenvalue weighted by Gasteiger charge is -2.28. The van der Waals surface area contributed by atoms with E-state index in [0.717, 1.165) is 55.8 Å². The summed E-state index contributed by atoms with van der Waals surface area (Å²) in [5.41, 5.74) is 15.5. The summed E-state index contributed by atoms with van der Waals surface area (Å²) in [6, 6.07) is 82.9. The molecule has 0 saturated carbocycles. The molecule has 0 aliphatic carbocycles. The van der Waals surface area contributed by atoms with Gasteiger partial charge in [-0.1, -0.05) is 164 Å². The minimum Gasteiger partial charge on any atom is -0.456 e. The van der Waals surface area contributed by atoms with Gasteiger partial charge in [0.1, 0.15) is 11.2 Å². The summed E-state index contributed by atoms with van der Waals surface area (Å²) < 4.78 is 8.89. The molecule has 0 atom stereocenters. The molecule has 0 unspecified atom stereocenters. The van der Waals surface area contributed by atoms with Crippen LogP contribution in [-0.4, -0.2) is 4.57 Å². The maximum absolute atomic E-state index is 6.51. The van der Waals surface area contributed by atoms with Crippen molar-refractivity contribution in [3.8, 4) is 39.1 Å². The van der Waals surface area contributed by atoms with Gasteiger partial charge in [-0.25, -0.2) is 0 Å². The van der Waals surface area contributed by atoms with Crippen LogP contribution in [0.2, 0.25) is 0 Å². The zero-order valence-corrected chi connectivity index (χ0v) is 33.2. The smallest absolute Gasteiger partial charge is 0.137 e. The molecule has 12 rings (SSSR count). The van der Waals surface area contributed by atoms with E-state index in [9.17, 15) is 0 Å². The lowest BCUT2D eigenvalue weighted by molar-refractivity contribution is 0.669. The first kappa shape index (κ1) is 34.9. The Kier molecular flexibility index (Phi) is 8.17. The Morgan fingerprint density at radius 3 is 1.74 bits per heavy atom. The molecule has 3 heteroatoms. The summed E-state index contributed by atoms with van der Waals surface area (Å²) in [7, 11) is 0. The Morgan fingerprint density at radius 1 is 0.344 bits per heavy atom. The van der Waals surface area contributed by atoms with Crippen molar-refractivity contribution in [2.75, 3.05) is 4.90 Å². The number of para-hydroxylation sites is 4. The molecule has 0 saturated heterocycles. The monoisotopic (exact) mass is 778 g/mol. The normalized spacial score (nSPS) is 11.6. The first-order valence-corrected chi connectivity index (χ1v) is 20.8. The molecule has 0 aliphatic heterocycles. The van der Waals surface area contributed by atoms with Crippen LogP contribution in [0.5, 0.6) is 0 Å². The summed E-state index contributed by atoms with van der Waals surface area (Å²) in [4.78, 5) is 2.39. The second-order valence-electron chi connectivity index (χ2n) is 15.6. The summed E-state index contributed by atoms with van der Waals surface area (Å²) in [6.45, 7) is 0. The zero-order valence-electron chi connectivity index (χ0n) is 33.2. The van der Waals surface area contributed by atoms with Gasteiger partial charge in [0.15, 0.2) is 0 Å². The van der Waals surface area contributed by atoms with Gasteiger partial charge in [-0.2, -0.15) is 0 Å². The van der Waals surface area contributed by atoms with E-state index in [1.54, 1.807) is 0 Å². The molecule has 2 heterocycles. The Labute approximate surface area is 353 Å². The average Bonchev–Trinajstić information content (AvgIpc) is 3.88. The Morgan fingerprint density at radius 2 is 0.918 bits per heavy atom. The largest absolute Gasteiger partial charge is 0.456 e. The van der Waals surface area contributed by atoms with Crippen molar-refractivity contribution in [2.45, 2.75) is 0 Å². The van der Waals surface area contributed by atoms with Crippen LogP contribution in [-0.2, 0) is 0 Å². The van der Waals surface area contributed by atoms with Crippen molar-refractivity contribution in [3.05, 3.63) is 231 Å². The predicted octanol–water partition coefficient (Wildman–Crippen LogP) is 16.3. The Balaban J connectivity index is 1.06. The molecule has 0 aliphatic rings. The SMILES string of the molecule is c1ccc(-c2cccc3cccc(-c4ccccc4N(c4ccc(-c5cccc6c5c5ccccc5n6-c5ccccc5)cc4)c4ccc5c(c4)oc4ccccc45)c23)cc1. The standard InChI is InChI=1S/C58H38N2O/c1-3-16-39(17-4-1)45-25-13-18-41-19-14-27-50(57(41)45)47-22-7-10-28-52(47)59(44-36-37-49-48-23-9-12-31-55(48)61-56(49)38-44)43-34-32-40(33-35-43)46-26-15-30-54-58(46)51-24-8-11-29-53(51)60(54)42-20-5-2-6-21-42/h1-38H. The number of rotatable bonds is 7. The van der Waals surface area contributed by atoms with Gasteiger partial charge >= 0.3 is 0 Å². The molecule has 12 aromatic rings. The summed E-state index contributed by atoms with van der Waals surface area (Å²) in [6.07, 6.45) is 0. The van der Waals surface area contributed by atoms with Crippen LogP contribution in [0, 0.1) is 0 Å². The lowest BCUT2D eigenvalue weighted by Crippen LogP contribution is -2.11. The van der Waals surface area contributed by atoms with Crippen molar-refractivity contribution in [1.29, 1.82) is 0 Å². The van der Waals surface area contributed by atoms with Crippen LogP contribution in [0.3, 0.4) is 0 Å². The highest BCUT2D eigenvalue weighted by molar-refractivity contribution is 6.16. The fourth-order valence-corrected chi connectivity index (χ4v) is 9.51. The molecule has 0 radical (unpaired) electrons. The minimum atomic E-state index is 0.857. The number of hydrogen-bond donors (Lipinski definition) is 0. The molecular weight excluding hydrogens is 741 g/mol. The summed E-state index contributed by atoms with van der Waals surface area (Å²) >= 11 is 0. The quantitative estimate of drug-likeness (QED) is 0.161. The summed E-state index contributed by atoms with van der Waals surface area (Å²) in [5.74, 6) is 0. The van der Waals surface area contributed by atoms with E-state index >= 15 is 0 Å². The number of benzene rings is 10. The molecule has 2 aromatic heterocycles. The van der Waals surface area contributed by atoms with Crippen molar-refractivity contribution in [2.24, 2.45) is 0 Å². The van der Waals surface area contributed by atoms with Crippen LogP contribution in [0.4, 0.5) is 17.1 Å². The molecular formula is C58H38N2O. The van der Waals surface area contributed by atoms with E-state index in [-0.39, 0.29) is 0 Å². The maximum Gasteiger partial charge on any atom is 0.137 e. The zero-order chi connectivity index (χ0) is 40.3. The highest BCUT2D eigenvalue weighted by Crippen LogP contribution is 2.46. The molecule has 0 fully saturated rings. The van der Waals surface area contributed by atoms with E-state index in [1.165, 1.54) is 54.8 Å². The number of hydrogen-bond acceptors (Lipinski definition) is 2. The Bertz CT molecular complexity index is 3580. The predicted molar refractivity (Wildman–Crippen MR) is 257 cm³/mol. The molecule has 3 nitrogen and oxygen atoms in total. The third kappa shape index (κ3) is 5.74. The number of nitrogens with zero attached hydrogens (tertiary/aromatic N) is 2. The third-order valence-corrected chi connectivity index (χ3v) is 12.2. The topological polar surface area (TPSA) is 21.3 Å². The van der Waals surface area contributed by atoms with E-state index < -0.39 is 0 Å². The van der Waals surface area contributed by atoms with E-state index in [1.807, 2.05) is 12.1 Å². The second kappa shape index (κ2) is 14.3. The van der Waals surface area contributed by atoms with E-state index in [4.69, 9.17) is 4.42 Å². The lowest BCUT2D eigenvalue weighted by atomic mass is 9.90. The molecule has 61 heavy (non-hydrogen) atoms. The van der Waals surface area contributed by atoms with Gasteiger partial charge in [0.05, 0.1) is 16.7 Å². The van der Waals surface area contributed by atoms with Gasteiger partial charge in [0, 0.05) is 50.2 Å². The number of furan rings is 1. The van der Waals surface area contributed by atoms with Gasteiger partial charge in [0.25, 0.3) is 0 Å². The molecule has 0 N–H and O–H groups in total. The molecule has 0 amide bonds. The fraction of sp³-hybridized carbons (Fsp3) is 0. The number of fused-ring (bicyclic) bond motifs is 7. The molecule has 0 spiro atoms. The number of anilines is 3. The van der Waals surface area contributed by atoms with Gasteiger partial charge in [-0.3, -0.25) is 0 Å². The highest BCUT2D eigenvalue weighted by Gasteiger charge is 2.22. The van der Waals surface area contributed by atoms with E-state index in [2.05, 4.69) is 228 Å². The van der Waals surface area contributed by atoms with Crippen LogP contribution in [0.25, 0.3) is 93.6 Å². The van der Waals surface area contributed by atoms with Crippen LogP contribution >= 0.6 is 0 Å². The van der Waals surface area contributed by atoms with Crippen LogP contribution in [0.1, 0.15) is 0 Å². The third-order valence-electron chi connectivity index (χ3n) is 12.2. The average molecular weight is 779 g/mol. The van der Waals surface area contributed by atoms with Crippen LogP contribution < -0.4 is 4.90 Å². The van der Waals surface area contributed by atoms with Crippen molar-refractivity contribution >= 4 is 71.6 Å². The molecule has 0 bridgehead atoms. The van der Waals surface area contributed by atoms with Crippen molar-refractivity contribution in [1.82, 2.24) is 4.57 Å². The minimum absolute atomic E-state index is 0.857. The van der Waals surface area contributed by atoms with Gasteiger partial charge < -0.3 is 13.9 Å². The summed E-state index contributed by atoms with van der Waals surface area (Å²) in [5, 5.41) is 7.14. The van der Waals surface area contributed by atoms with Crippen molar-refractivity contribution in [3.63, 3.8) is 0 Å². The Hall–Kier alpha value is -8.14. The number of aromatic nitrogens is 1. The van der Waals surface area contributed by atoms with Gasteiger partial charge in [0.2, 0.25) is 0 Å². The first-order chi connectivity index (χ1) is 30.3. The fourth-order valence-electron chi connectivity index (χ4n) is 9.51. The van der Waals surface area contributed by atoms with Gasteiger partial charge in [-0.05, 0) is 99.3 Å². The van der Waals surface area contributed by atoms with Crippen LogP contribution in [0.15, 0.2) is 235 Å². The molecule has 286 valence electrons. The van der Waals surface area contributed by atoms with Crippen molar-refractivity contribution < 1.29 is 4.42 Å². The van der Waals surface area contributed by atoms with Gasteiger partial charge in [-0.15, -0.1) is 0 Å².